The van der Waals surface area contributed by atoms with Crippen molar-refractivity contribution in [3.8, 4) is 0 Å². The van der Waals surface area contributed by atoms with Gasteiger partial charge in [0.2, 0.25) is 0 Å². The van der Waals surface area contributed by atoms with Gasteiger partial charge in [-0.15, -0.1) is 0 Å². The van der Waals surface area contributed by atoms with Crippen LogP contribution in [0.4, 0.5) is 18.9 Å². The number of nitrogens with zero attached hydrogens (tertiary/aromatic N) is 1. The van der Waals surface area contributed by atoms with E-state index in [1.807, 2.05) is 0 Å². The summed E-state index contributed by atoms with van der Waals surface area (Å²) in [4.78, 5) is 37.8. The van der Waals surface area contributed by atoms with E-state index >= 15 is 0 Å². The van der Waals surface area contributed by atoms with Crippen LogP contribution in [-0.4, -0.2) is 42.3 Å². The van der Waals surface area contributed by atoms with Crippen LogP contribution in [0.2, 0.25) is 0 Å². The SMILES string of the molecule is O=C(NCC1CCN(C(=O)c2ccccc2F)CC1)C(=O)Nc1ccc(F)c(F)c1. The largest absolute Gasteiger partial charge is 0.348 e. The molecule has 1 aliphatic rings. The van der Waals surface area contributed by atoms with Crippen molar-refractivity contribution in [3.63, 3.8) is 0 Å². The summed E-state index contributed by atoms with van der Waals surface area (Å²) in [5.41, 5.74) is -0.00725. The van der Waals surface area contributed by atoms with Crippen LogP contribution in [-0.2, 0) is 9.59 Å². The minimum Gasteiger partial charge on any atom is -0.348 e. The van der Waals surface area contributed by atoms with E-state index in [1.165, 1.54) is 18.2 Å². The molecule has 9 heteroatoms. The summed E-state index contributed by atoms with van der Waals surface area (Å²) in [7, 11) is 0. The molecule has 2 aromatic carbocycles. The van der Waals surface area contributed by atoms with Gasteiger partial charge in [0, 0.05) is 31.4 Å². The van der Waals surface area contributed by atoms with E-state index in [0.717, 1.165) is 18.2 Å². The second-order valence-electron chi connectivity index (χ2n) is 7.01. The summed E-state index contributed by atoms with van der Waals surface area (Å²) in [5.74, 6) is -4.97. The molecule has 3 rings (SSSR count). The molecule has 0 radical (unpaired) electrons. The Bertz CT molecular complexity index is 960. The number of carbonyl (C=O) groups excluding carboxylic acids is 3. The van der Waals surface area contributed by atoms with E-state index in [-0.39, 0.29) is 29.6 Å². The third kappa shape index (κ3) is 5.16. The van der Waals surface area contributed by atoms with Gasteiger partial charge in [-0.25, -0.2) is 13.2 Å². The quantitative estimate of drug-likeness (QED) is 0.748. The molecule has 1 saturated heterocycles. The second kappa shape index (κ2) is 9.43. The van der Waals surface area contributed by atoms with E-state index in [2.05, 4.69) is 10.6 Å². The van der Waals surface area contributed by atoms with Crippen molar-refractivity contribution < 1.29 is 27.6 Å². The normalized spacial score (nSPS) is 14.3. The van der Waals surface area contributed by atoms with Crippen molar-refractivity contribution >= 4 is 23.4 Å². The molecule has 0 atom stereocenters. The van der Waals surface area contributed by atoms with Crippen LogP contribution < -0.4 is 10.6 Å². The summed E-state index contributed by atoms with van der Waals surface area (Å²) < 4.78 is 39.9. The Morgan fingerprint density at radius 2 is 1.60 bits per heavy atom. The third-order valence-electron chi connectivity index (χ3n) is 4.94. The van der Waals surface area contributed by atoms with Crippen molar-refractivity contribution in [1.29, 1.82) is 0 Å². The van der Waals surface area contributed by atoms with Gasteiger partial charge in [-0.3, -0.25) is 14.4 Å². The lowest BCUT2D eigenvalue weighted by atomic mass is 9.96. The molecule has 1 heterocycles. The van der Waals surface area contributed by atoms with E-state index in [1.54, 1.807) is 11.0 Å². The number of hydrogen-bond donors (Lipinski definition) is 2. The first-order chi connectivity index (χ1) is 14.3. The van der Waals surface area contributed by atoms with Crippen LogP contribution >= 0.6 is 0 Å². The highest BCUT2D eigenvalue weighted by Crippen LogP contribution is 2.19. The number of hydrogen-bond acceptors (Lipinski definition) is 3. The fourth-order valence-electron chi connectivity index (χ4n) is 3.22. The third-order valence-corrected chi connectivity index (χ3v) is 4.94. The molecule has 0 bridgehead atoms. The van der Waals surface area contributed by atoms with Crippen LogP contribution in [0.15, 0.2) is 42.5 Å². The Morgan fingerprint density at radius 1 is 0.900 bits per heavy atom. The molecular formula is C21H20F3N3O3. The first-order valence-electron chi connectivity index (χ1n) is 9.43. The monoisotopic (exact) mass is 419 g/mol. The van der Waals surface area contributed by atoms with Crippen molar-refractivity contribution in [2.45, 2.75) is 12.8 Å². The summed E-state index contributed by atoms with van der Waals surface area (Å²) in [6.07, 6.45) is 1.18. The Morgan fingerprint density at radius 3 is 2.27 bits per heavy atom. The highest BCUT2D eigenvalue weighted by molar-refractivity contribution is 6.39. The number of benzene rings is 2. The van der Waals surface area contributed by atoms with Gasteiger partial charge in [0.05, 0.1) is 5.56 Å². The Hall–Kier alpha value is -3.36. The van der Waals surface area contributed by atoms with Crippen LogP contribution in [0.1, 0.15) is 23.2 Å². The average molecular weight is 419 g/mol. The maximum atomic E-state index is 13.8. The topological polar surface area (TPSA) is 78.5 Å². The summed E-state index contributed by atoms with van der Waals surface area (Å²) in [6.45, 7) is 1.05. The number of nitrogens with one attached hydrogen (secondary N) is 2. The van der Waals surface area contributed by atoms with E-state index in [9.17, 15) is 27.6 Å². The van der Waals surface area contributed by atoms with Gasteiger partial charge in [0.1, 0.15) is 5.82 Å². The van der Waals surface area contributed by atoms with Crippen molar-refractivity contribution in [2.24, 2.45) is 5.92 Å². The molecule has 1 aliphatic heterocycles. The Labute approximate surface area is 171 Å². The Balaban J connectivity index is 1.44. The first kappa shape index (κ1) is 21.4. The van der Waals surface area contributed by atoms with Gasteiger partial charge >= 0.3 is 11.8 Å². The zero-order chi connectivity index (χ0) is 21.7. The summed E-state index contributed by atoms with van der Waals surface area (Å²) in [5, 5.41) is 4.70. The molecule has 0 aromatic heterocycles. The van der Waals surface area contributed by atoms with Gasteiger partial charge in [0.25, 0.3) is 5.91 Å². The van der Waals surface area contributed by atoms with E-state index < -0.39 is 29.3 Å². The van der Waals surface area contributed by atoms with E-state index in [4.69, 9.17) is 0 Å². The predicted octanol–water partition coefficient (Wildman–Crippen LogP) is 2.71. The maximum Gasteiger partial charge on any atom is 0.313 e. The molecule has 30 heavy (non-hydrogen) atoms. The van der Waals surface area contributed by atoms with Gasteiger partial charge in [-0.1, -0.05) is 12.1 Å². The molecule has 0 unspecified atom stereocenters. The fourth-order valence-corrected chi connectivity index (χ4v) is 3.22. The molecule has 158 valence electrons. The fraction of sp³-hybridized carbons (Fsp3) is 0.286. The smallest absolute Gasteiger partial charge is 0.313 e. The molecule has 2 aromatic rings. The molecule has 6 nitrogen and oxygen atoms in total. The second-order valence-corrected chi connectivity index (χ2v) is 7.01. The van der Waals surface area contributed by atoms with Gasteiger partial charge in [-0.2, -0.15) is 0 Å². The van der Waals surface area contributed by atoms with Crippen LogP contribution in [0.5, 0.6) is 0 Å². The number of halogens is 3. The van der Waals surface area contributed by atoms with Gasteiger partial charge in [0.15, 0.2) is 11.6 Å². The predicted molar refractivity (Wildman–Crippen MR) is 103 cm³/mol. The molecule has 0 aliphatic carbocycles. The molecule has 3 amide bonds. The molecule has 0 saturated carbocycles. The number of piperidine rings is 1. The molecule has 1 fully saturated rings. The summed E-state index contributed by atoms with van der Waals surface area (Å²) in [6, 6.07) is 8.57. The number of amides is 3. The number of carbonyl (C=O) groups is 3. The van der Waals surface area contributed by atoms with Gasteiger partial charge in [-0.05, 0) is 43.0 Å². The highest BCUT2D eigenvalue weighted by Gasteiger charge is 2.26. The van der Waals surface area contributed by atoms with Crippen LogP contribution in [0.25, 0.3) is 0 Å². The van der Waals surface area contributed by atoms with Crippen LogP contribution in [0, 0.1) is 23.4 Å². The zero-order valence-corrected chi connectivity index (χ0v) is 16.0. The first-order valence-corrected chi connectivity index (χ1v) is 9.43. The number of rotatable bonds is 4. The lowest BCUT2D eigenvalue weighted by Crippen LogP contribution is -2.43. The lowest BCUT2D eigenvalue weighted by Gasteiger charge is -2.32. The minimum atomic E-state index is -1.13. The van der Waals surface area contributed by atoms with Crippen molar-refractivity contribution in [3.05, 3.63) is 65.5 Å². The molecule has 2 N–H and O–H groups in total. The summed E-state index contributed by atoms with van der Waals surface area (Å²) >= 11 is 0. The van der Waals surface area contributed by atoms with Crippen molar-refractivity contribution in [1.82, 2.24) is 10.2 Å². The number of likely N-dealkylation sites (tertiary alicyclic amines) is 1. The average Bonchev–Trinajstić information content (AvgIpc) is 2.75. The van der Waals surface area contributed by atoms with Crippen LogP contribution in [0.3, 0.4) is 0 Å². The van der Waals surface area contributed by atoms with E-state index in [0.29, 0.717) is 25.9 Å². The maximum absolute atomic E-state index is 13.8. The van der Waals surface area contributed by atoms with Crippen molar-refractivity contribution in [2.75, 3.05) is 25.0 Å². The van der Waals surface area contributed by atoms with Gasteiger partial charge < -0.3 is 15.5 Å². The lowest BCUT2D eigenvalue weighted by molar-refractivity contribution is -0.136. The standard InChI is InChI=1S/C21H20F3N3O3/c22-16-4-2-1-3-15(16)21(30)27-9-7-13(8-10-27)12-25-19(28)20(29)26-14-5-6-17(23)18(24)11-14/h1-6,11,13H,7-10,12H2,(H,25,28)(H,26,29). The number of anilines is 1. The zero-order valence-electron chi connectivity index (χ0n) is 16.0. The molecular weight excluding hydrogens is 399 g/mol. The minimum absolute atomic E-state index is 0.0261. The highest BCUT2D eigenvalue weighted by atomic mass is 19.2. The molecule has 0 spiro atoms. The Kier molecular flexibility index (Phi) is 6.71.